The average molecular weight is 184 g/mol. The van der Waals surface area contributed by atoms with Crippen molar-refractivity contribution in [2.75, 3.05) is 32.7 Å². The molecule has 78 valence electrons. The minimum atomic E-state index is 0.795. The monoisotopic (exact) mass is 184 g/mol. The van der Waals surface area contributed by atoms with Gasteiger partial charge in [-0.2, -0.15) is 0 Å². The standard InChI is InChI=1S/C11H24N2/c1-4-6-11(3)13-9-7-12(5-2)8-10-13/h11H,4-10H2,1-3H3. The molecule has 1 aliphatic heterocycles. The molecule has 1 heterocycles. The molecule has 1 atom stereocenters. The molecule has 1 rings (SSSR count). The van der Waals surface area contributed by atoms with Gasteiger partial charge in [-0.25, -0.2) is 0 Å². The van der Waals surface area contributed by atoms with Gasteiger partial charge in [-0.3, -0.25) is 4.90 Å². The molecule has 2 nitrogen and oxygen atoms in total. The molecule has 0 aliphatic carbocycles. The predicted molar refractivity (Wildman–Crippen MR) is 58.1 cm³/mol. The topological polar surface area (TPSA) is 6.48 Å². The maximum Gasteiger partial charge on any atom is 0.0113 e. The van der Waals surface area contributed by atoms with Crippen molar-refractivity contribution < 1.29 is 0 Å². The Bertz CT molecular complexity index is 128. The molecule has 1 aliphatic rings. The molecule has 0 aromatic heterocycles. The number of hydrogen-bond donors (Lipinski definition) is 0. The first-order valence-corrected chi connectivity index (χ1v) is 5.74. The molecule has 0 amide bonds. The highest BCUT2D eigenvalue weighted by molar-refractivity contribution is 4.75. The van der Waals surface area contributed by atoms with E-state index in [1.54, 1.807) is 0 Å². The van der Waals surface area contributed by atoms with Crippen LogP contribution in [0.2, 0.25) is 0 Å². The van der Waals surface area contributed by atoms with Crippen molar-refractivity contribution in [2.24, 2.45) is 0 Å². The summed E-state index contributed by atoms with van der Waals surface area (Å²) in [7, 11) is 0. The van der Waals surface area contributed by atoms with Crippen LogP contribution in [0.5, 0.6) is 0 Å². The van der Waals surface area contributed by atoms with E-state index in [1.165, 1.54) is 45.6 Å². The Morgan fingerprint density at radius 2 is 1.69 bits per heavy atom. The first-order chi connectivity index (χ1) is 6.27. The van der Waals surface area contributed by atoms with Gasteiger partial charge in [0.1, 0.15) is 0 Å². The first kappa shape index (κ1) is 11.0. The first-order valence-electron chi connectivity index (χ1n) is 5.74. The van der Waals surface area contributed by atoms with Crippen molar-refractivity contribution in [3.05, 3.63) is 0 Å². The van der Waals surface area contributed by atoms with Gasteiger partial charge in [0.15, 0.2) is 0 Å². The van der Waals surface area contributed by atoms with Crippen LogP contribution in [0, 0.1) is 0 Å². The van der Waals surface area contributed by atoms with Crippen LogP contribution in [0.4, 0.5) is 0 Å². The SMILES string of the molecule is CCCC(C)N1CCN(CC)CC1. The summed E-state index contributed by atoms with van der Waals surface area (Å²) in [4.78, 5) is 5.17. The maximum atomic E-state index is 2.63. The Morgan fingerprint density at radius 3 is 2.15 bits per heavy atom. The van der Waals surface area contributed by atoms with Gasteiger partial charge in [0.05, 0.1) is 0 Å². The Kier molecular flexibility index (Phi) is 4.74. The van der Waals surface area contributed by atoms with Crippen LogP contribution in [0.25, 0.3) is 0 Å². The zero-order chi connectivity index (χ0) is 9.68. The molecule has 0 bridgehead atoms. The predicted octanol–water partition coefficient (Wildman–Crippen LogP) is 1.81. The van der Waals surface area contributed by atoms with Gasteiger partial charge < -0.3 is 4.90 Å². The summed E-state index contributed by atoms with van der Waals surface area (Å²) in [5.41, 5.74) is 0. The van der Waals surface area contributed by atoms with E-state index in [0.29, 0.717) is 0 Å². The van der Waals surface area contributed by atoms with Crippen LogP contribution in [0.3, 0.4) is 0 Å². The molecule has 1 unspecified atom stereocenters. The minimum Gasteiger partial charge on any atom is -0.301 e. The Labute approximate surface area is 82.9 Å². The van der Waals surface area contributed by atoms with Crippen LogP contribution in [0.15, 0.2) is 0 Å². The second-order valence-corrected chi connectivity index (χ2v) is 4.11. The Hall–Kier alpha value is -0.0800. The lowest BCUT2D eigenvalue weighted by atomic mass is 10.1. The highest BCUT2D eigenvalue weighted by atomic mass is 15.3. The van der Waals surface area contributed by atoms with Gasteiger partial charge in [-0.05, 0) is 19.9 Å². The van der Waals surface area contributed by atoms with Gasteiger partial charge in [-0.15, -0.1) is 0 Å². The summed E-state index contributed by atoms with van der Waals surface area (Å²) < 4.78 is 0. The lowest BCUT2D eigenvalue weighted by Gasteiger charge is -2.37. The zero-order valence-electron chi connectivity index (χ0n) is 9.42. The summed E-state index contributed by atoms with van der Waals surface area (Å²) in [6.07, 6.45) is 2.67. The van der Waals surface area contributed by atoms with Gasteiger partial charge in [0.25, 0.3) is 0 Å². The molecule has 0 radical (unpaired) electrons. The quantitative estimate of drug-likeness (QED) is 0.657. The maximum absolute atomic E-state index is 2.63. The molecular formula is C11H24N2. The third-order valence-corrected chi connectivity index (χ3v) is 3.18. The smallest absolute Gasteiger partial charge is 0.0113 e. The summed E-state index contributed by atoms with van der Waals surface area (Å²) in [6, 6.07) is 0.795. The van der Waals surface area contributed by atoms with E-state index in [0.717, 1.165) is 6.04 Å². The van der Waals surface area contributed by atoms with E-state index < -0.39 is 0 Å². The molecule has 13 heavy (non-hydrogen) atoms. The fraction of sp³-hybridized carbons (Fsp3) is 1.00. The molecule has 0 saturated carbocycles. The lowest BCUT2D eigenvalue weighted by molar-refractivity contribution is 0.102. The minimum absolute atomic E-state index is 0.795. The van der Waals surface area contributed by atoms with Crippen LogP contribution in [0.1, 0.15) is 33.6 Å². The van der Waals surface area contributed by atoms with Gasteiger partial charge >= 0.3 is 0 Å². The van der Waals surface area contributed by atoms with Crippen molar-refractivity contribution in [3.8, 4) is 0 Å². The van der Waals surface area contributed by atoms with Crippen LogP contribution in [-0.2, 0) is 0 Å². The number of likely N-dealkylation sites (N-methyl/N-ethyl adjacent to an activating group) is 1. The summed E-state index contributed by atoms with van der Waals surface area (Å²) in [5, 5.41) is 0. The third kappa shape index (κ3) is 3.28. The zero-order valence-corrected chi connectivity index (χ0v) is 9.42. The Balaban J connectivity index is 2.23. The molecule has 0 N–H and O–H groups in total. The molecular weight excluding hydrogens is 160 g/mol. The van der Waals surface area contributed by atoms with Crippen molar-refractivity contribution in [2.45, 2.75) is 39.7 Å². The van der Waals surface area contributed by atoms with E-state index in [9.17, 15) is 0 Å². The third-order valence-electron chi connectivity index (χ3n) is 3.18. The van der Waals surface area contributed by atoms with E-state index in [2.05, 4.69) is 30.6 Å². The van der Waals surface area contributed by atoms with E-state index >= 15 is 0 Å². The largest absolute Gasteiger partial charge is 0.301 e. The van der Waals surface area contributed by atoms with Crippen LogP contribution in [-0.4, -0.2) is 48.6 Å². The molecule has 2 heteroatoms. The van der Waals surface area contributed by atoms with Gasteiger partial charge in [0, 0.05) is 32.2 Å². The molecule has 1 saturated heterocycles. The number of piperazine rings is 1. The highest BCUT2D eigenvalue weighted by Crippen LogP contribution is 2.09. The summed E-state index contributed by atoms with van der Waals surface area (Å²) >= 11 is 0. The second kappa shape index (κ2) is 5.61. The molecule has 0 aromatic rings. The summed E-state index contributed by atoms with van der Waals surface area (Å²) in [6.45, 7) is 13.2. The second-order valence-electron chi connectivity index (χ2n) is 4.11. The van der Waals surface area contributed by atoms with E-state index in [1.807, 2.05) is 0 Å². The molecule has 0 spiro atoms. The van der Waals surface area contributed by atoms with Crippen LogP contribution >= 0.6 is 0 Å². The van der Waals surface area contributed by atoms with Crippen LogP contribution < -0.4 is 0 Å². The number of rotatable bonds is 4. The number of hydrogen-bond acceptors (Lipinski definition) is 2. The highest BCUT2D eigenvalue weighted by Gasteiger charge is 2.18. The van der Waals surface area contributed by atoms with Crippen molar-refractivity contribution in [1.29, 1.82) is 0 Å². The lowest BCUT2D eigenvalue weighted by Crippen LogP contribution is -2.49. The fourth-order valence-corrected chi connectivity index (χ4v) is 2.12. The van der Waals surface area contributed by atoms with Crippen molar-refractivity contribution in [3.63, 3.8) is 0 Å². The van der Waals surface area contributed by atoms with Crippen molar-refractivity contribution in [1.82, 2.24) is 9.80 Å². The van der Waals surface area contributed by atoms with Gasteiger partial charge in [0.2, 0.25) is 0 Å². The van der Waals surface area contributed by atoms with Gasteiger partial charge in [-0.1, -0.05) is 20.3 Å². The normalized spacial score (nSPS) is 23.3. The Morgan fingerprint density at radius 1 is 1.08 bits per heavy atom. The average Bonchev–Trinajstić information content (AvgIpc) is 2.18. The van der Waals surface area contributed by atoms with E-state index in [-0.39, 0.29) is 0 Å². The molecule has 1 fully saturated rings. The number of nitrogens with zero attached hydrogens (tertiary/aromatic N) is 2. The van der Waals surface area contributed by atoms with Crippen molar-refractivity contribution >= 4 is 0 Å². The fourth-order valence-electron chi connectivity index (χ4n) is 2.12. The molecule has 0 aromatic carbocycles. The summed E-state index contributed by atoms with van der Waals surface area (Å²) in [5.74, 6) is 0. The van der Waals surface area contributed by atoms with E-state index in [4.69, 9.17) is 0 Å².